The Morgan fingerprint density at radius 2 is 1.87 bits per heavy atom. The zero-order valence-electron chi connectivity index (χ0n) is 7.92. The molecule has 0 bridgehead atoms. The minimum Gasteiger partial charge on any atom is -0.265 e. The highest BCUT2D eigenvalue weighted by atomic mass is 32.1. The zero-order valence-corrected chi connectivity index (χ0v) is 8.74. The first-order valence-electron chi connectivity index (χ1n) is 4.68. The molecule has 0 saturated heterocycles. The maximum atomic E-state index is 4.32. The van der Waals surface area contributed by atoms with E-state index >= 15 is 0 Å². The van der Waals surface area contributed by atoms with Crippen molar-refractivity contribution in [3.63, 3.8) is 0 Å². The summed E-state index contributed by atoms with van der Waals surface area (Å²) in [5.74, 6) is 0. The molecule has 2 nitrogen and oxygen atoms in total. The van der Waals surface area contributed by atoms with Crippen molar-refractivity contribution in [1.29, 1.82) is 0 Å². The van der Waals surface area contributed by atoms with Gasteiger partial charge in [-0.1, -0.05) is 0 Å². The van der Waals surface area contributed by atoms with Crippen molar-refractivity contribution in [2.75, 3.05) is 0 Å². The average Bonchev–Trinajstić information content (AvgIpc) is 2.74. The molecule has 0 unspecified atom stereocenters. The van der Waals surface area contributed by atoms with Crippen LogP contribution >= 0.6 is 11.3 Å². The van der Waals surface area contributed by atoms with E-state index in [2.05, 4.69) is 22.1 Å². The lowest BCUT2D eigenvalue weighted by molar-refractivity contribution is 1.33. The van der Waals surface area contributed by atoms with Crippen LogP contribution in [0.15, 0.2) is 48.9 Å². The third kappa shape index (κ3) is 1.51. The van der Waals surface area contributed by atoms with Gasteiger partial charge in [0.25, 0.3) is 0 Å². The van der Waals surface area contributed by atoms with Gasteiger partial charge in [0.1, 0.15) is 0 Å². The highest BCUT2D eigenvalue weighted by Gasteiger charge is 2.03. The first-order valence-corrected chi connectivity index (χ1v) is 5.50. The number of hydrogen-bond acceptors (Lipinski definition) is 3. The molecule has 3 aromatic heterocycles. The Hall–Kier alpha value is -1.74. The van der Waals surface area contributed by atoms with Crippen LogP contribution < -0.4 is 0 Å². The van der Waals surface area contributed by atoms with Gasteiger partial charge in [0, 0.05) is 23.5 Å². The number of fused-ring (bicyclic) bond motifs is 1. The molecule has 0 aliphatic heterocycles. The van der Waals surface area contributed by atoms with Gasteiger partial charge in [-0.3, -0.25) is 9.97 Å². The molecule has 0 radical (unpaired) electrons. The van der Waals surface area contributed by atoms with Gasteiger partial charge in [-0.25, -0.2) is 0 Å². The summed E-state index contributed by atoms with van der Waals surface area (Å²) in [7, 11) is 0. The molecule has 0 atom stereocenters. The molecule has 3 heterocycles. The second kappa shape index (κ2) is 3.44. The fourth-order valence-corrected chi connectivity index (χ4v) is 2.55. The average molecular weight is 212 g/mol. The molecule has 3 aromatic rings. The van der Waals surface area contributed by atoms with Crippen molar-refractivity contribution < 1.29 is 0 Å². The summed E-state index contributed by atoms with van der Waals surface area (Å²) < 4.78 is 1.23. The number of nitrogens with zero attached hydrogens (tertiary/aromatic N) is 2. The fraction of sp³-hybridized carbons (Fsp3) is 0. The Kier molecular flexibility index (Phi) is 1.96. The van der Waals surface area contributed by atoms with Gasteiger partial charge in [0.2, 0.25) is 0 Å². The molecule has 0 aliphatic carbocycles. The lowest BCUT2D eigenvalue weighted by atomic mass is 10.2. The van der Waals surface area contributed by atoms with E-state index in [0.29, 0.717) is 0 Å². The van der Waals surface area contributed by atoms with Crippen LogP contribution in [-0.2, 0) is 0 Å². The molecule has 15 heavy (non-hydrogen) atoms. The highest BCUT2D eigenvalue weighted by Crippen LogP contribution is 2.31. The third-order valence-electron chi connectivity index (χ3n) is 2.25. The molecule has 0 fully saturated rings. The Bertz CT molecular complexity index is 554. The first kappa shape index (κ1) is 8.56. The number of pyridine rings is 2. The zero-order chi connectivity index (χ0) is 10.1. The molecule has 0 spiro atoms. The maximum absolute atomic E-state index is 4.32. The molecule has 0 aromatic carbocycles. The smallest absolute Gasteiger partial charge is 0.0816 e. The molecule has 0 saturated carbocycles. The lowest BCUT2D eigenvalue weighted by Crippen LogP contribution is -1.72. The highest BCUT2D eigenvalue weighted by molar-refractivity contribution is 7.22. The molecule has 3 heteroatoms. The van der Waals surface area contributed by atoms with Crippen molar-refractivity contribution in [2.24, 2.45) is 0 Å². The van der Waals surface area contributed by atoms with E-state index in [4.69, 9.17) is 0 Å². The predicted octanol–water partition coefficient (Wildman–Crippen LogP) is 3.36. The van der Waals surface area contributed by atoms with Crippen LogP contribution in [0.25, 0.3) is 20.7 Å². The number of aromatic nitrogens is 2. The van der Waals surface area contributed by atoms with Crippen LogP contribution in [0, 0.1) is 0 Å². The Balaban J connectivity index is 2.21. The van der Waals surface area contributed by atoms with Crippen molar-refractivity contribution in [3.05, 3.63) is 48.9 Å². The van der Waals surface area contributed by atoms with Gasteiger partial charge in [0.05, 0.1) is 10.2 Å². The van der Waals surface area contributed by atoms with E-state index in [1.807, 2.05) is 36.8 Å². The van der Waals surface area contributed by atoms with Crippen LogP contribution in [0.1, 0.15) is 0 Å². The van der Waals surface area contributed by atoms with E-state index in [0.717, 1.165) is 5.52 Å². The van der Waals surface area contributed by atoms with E-state index in [9.17, 15) is 0 Å². The van der Waals surface area contributed by atoms with Crippen molar-refractivity contribution in [3.8, 4) is 10.4 Å². The van der Waals surface area contributed by atoms with E-state index in [1.165, 1.54) is 15.1 Å². The summed E-state index contributed by atoms with van der Waals surface area (Å²) >= 11 is 1.76. The summed E-state index contributed by atoms with van der Waals surface area (Å²) in [4.78, 5) is 9.58. The fourth-order valence-electron chi connectivity index (χ4n) is 1.53. The summed E-state index contributed by atoms with van der Waals surface area (Å²) in [5.41, 5.74) is 2.27. The summed E-state index contributed by atoms with van der Waals surface area (Å²) in [6, 6.07) is 10.2. The molecule has 0 amide bonds. The summed E-state index contributed by atoms with van der Waals surface area (Å²) in [6.45, 7) is 0. The minimum absolute atomic E-state index is 1.06. The number of thiophene rings is 1. The number of rotatable bonds is 1. The summed E-state index contributed by atoms with van der Waals surface area (Å²) in [6.07, 6.45) is 5.45. The van der Waals surface area contributed by atoms with Gasteiger partial charge < -0.3 is 0 Å². The van der Waals surface area contributed by atoms with Gasteiger partial charge in [-0.05, 0) is 35.9 Å². The monoisotopic (exact) mass is 212 g/mol. The van der Waals surface area contributed by atoms with E-state index in [1.54, 1.807) is 11.3 Å². The van der Waals surface area contributed by atoms with Crippen molar-refractivity contribution in [1.82, 2.24) is 9.97 Å². The van der Waals surface area contributed by atoms with Crippen LogP contribution in [-0.4, -0.2) is 9.97 Å². The van der Waals surface area contributed by atoms with Gasteiger partial charge in [-0.2, -0.15) is 0 Å². The summed E-state index contributed by atoms with van der Waals surface area (Å²) in [5, 5.41) is 0. The van der Waals surface area contributed by atoms with Crippen LogP contribution in [0.4, 0.5) is 0 Å². The largest absolute Gasteiger partial charge is 0.265 e. The van der Waals surface area contributed by atoms with Crippen LogP contribution in [0.2, 0.25) is 0 Å². The standard InChI is InChI=1S/C12H8N2S/c1-2-11-10(14-5-1)8-12(15-11)9-3-6-13-7-4-9/h1-8H. The predicted molar refractivity (Wildman–Crippen MR) is 62.9 cm³/mol. The van der Waals surface area contributed by atoms with Crippen LogP contribution in [0.3, 0.4) is 0 Å². The topological polar surface area (TPSA) is 25.8 Å². The third-order valence-corrected chi connectivity index (χ3v) is 3.39. The minimum atomic E-state index is 1.06. The first-order chi connectivity index (χ1) is 7.43. The van der Waals surface area contributed by atoms with Crippen LogP contribution in [0.5, 0.6) is 0 Å². The van der Waals surface area contributed by atoms with Gasteiger partial charge in [0.15, 0.2) is 0 Å². The van der Waals surface area contributed by atoms with E-state index < -0.39 is 0 Å². The molecular formula is C12H8N2S. The molecule has 72 valence electrons. The van der Waals surface area contributed by atoms with E-state index in [-0.39, 0.29) is 0 Å². The lowest BCUT2D eigenvalue weighted by Gasteiger charge is -1.92. The Morgan fingerprint density at radius 1 is 1.00 bits per heavy atom. The Labute approximate surface area is 91.2 Å². The quantitative estimate of drug-likeness (QED) is 0.618. The second-order valence-corrected chi connectivity index (χ2v) is 4.32. The molecule has 0 N–H and O–H groups in total. The maximum Gasteiger partial charge on any atom is 0.0816 e. The normalized spacial score (nSPS) is 10.7. The van der Waals surface area contributed by atoms with Gasteiger partial charge in [-0.15, -0.1) is 11.3 Å². The van der Waals surface area contributed by atoms with Crippen molar-refractivity contribution in [2.45, 2.75) is 0 Å². The molecular weight excluding hydrogens is 204 g/mol. The Morgan fingerprint density at radius 3 is 2.67 bits per heavy atom. The molecule has 3 rings (SSSR count). The SMILES string of the molecule is c1cnc2cc(-c3ccncc3)sc2c1. The number of hydrogen-bond donors (Lipinski definition) is 0. The molecule has 0 aliphatic rings. The van der Waals surface area contributed by atoms with Crippen molar-refractivity contribution >= 4 is 21.6 Å². The second-order valence-electron chi connectivity index (χ2n) is 3.23. The van der Waals surface area contributed by atoms with Gasteiger partial charge >= 0.3 is 0 Å².